The molecule has 0 aliphatic rings. The van der Waals surface area contributed by atoms with Crippen molar-refractivity contribution in [3.8, 4) is 0 Å². The maximum absolute atomic E-state index is 14.3. The summed E-state index contributed by atoms with van der Waals surface area (Å²) in [6.45, 7) is 1.54. The topological polar surface area (TPSA) is 40.1 Å². The molecular weight excluding hydrogens is 487 g/mol. The lowest BCUT2D eigenvalue weighted by atomic mass is 10.3. The first-order chi connectivity index (χ1) is 15.4. The van der Waals surface area contributed by atoms with E-state index < -0.39 is 83.9 Å². The molecule has 0 atom stereocenters. The maximum atomic E-state index is 14.3. The van der Waals surface area contributed by atoms with Crippen molar-refractivity contribution in [3.63, 3.8) is 0 Å². The lowest BCUT2D eigenvalue weighted by Gasteiger charge is -2.12. The Kier molecular flexibility index (Phi) is 8.42. The highest BCUT2D eigenvalue weighted by Gasteiger charge is 2.45. The van der Waals surface area contributed by atoms with E-state index in [0.29, 0.717) is 0 Å². The zero-order valence-electron chi connectivity index (χ0n) is 16.3. The van der Waals surface area contributed by atoms with E-state index in [9.17, 15) is 49.4 Å². The van der Waals surface area contributed by atoms with Crippen LogP contribution in [0.4, 0.5) is 39.5 Å². The first-order valence-corrected chi connectivity index (χ1v) is 9.97. The molecule has 176 valence electrons. The Balaban J connectivity index is 0.000000696. The molecule has 0 saturated heterocycles. The molecule has 33 heavy (non-hydrogen) atoms. The van der Waals surface area contributed by atoms with Crippen LogP contribution in [-0.4, -0.2) is 5.97 Å². The summed E-state index contributed by atoms with van der Waals surface area (Å²) in [6, 6.07) is 0.816. The van der Waals surface area contributed by atoms with Crippen molar-refractivity contribution >= 4 is 16.9 Å². The lowest BCUT2D eigenvalue weighted by molar-refractivity contribution is -0.305. The summed E-state index contributed by atoms with van der Waals surface area (Å²) >= 11 is 0. The van der Waals surface area contributed by atoms with Crippen LogP contribution in [0.5, 0.6) is 0 Å². The number of hydrogen-bond acceptors (Lipinski definition) is 2. The number of carbonyl (C=O) groups excluding carboxylic acids is 1. The zero-order chi connectivity index (χ0) is 25.0. The Hall–Kier alpha value is -3.15. The minimum Gasteiger partial charge on any atom is -0.550 e. The van der Waals surface area contributed by atoms with Crippen LogP contribution in [0.2, 0.25) is 0 Å². The standard InChI is InChI=1S/C18H6F9S.C3H6O2/c19-7-1-10(22)16(11(23)2-7)28(17-12(24)3-8(20)4-13(17)25)18-14(26)5-9(21)6-15(18)27;1-2-3(4)5/h1-6H;2H2,1H3,(H,4,5)/q+1;/p-1. The highest BCUT2D eigenvalue weighted by molar-refractivity contribution is 7.97. The van der Waals surface area contributed by atoms with Crippen molar-refractivity contribution in [1.29, 1.82) is 0 Å². The van der Waals surface area contributed by atoms with Crippen LogP contribution in [0.1, 0.15) is 13.3 Å². The van der Waals surface area contributed by atoms with E-state index in [1.54, 1.807) is 0 Å². The third kappa shape index (κ3) is 6.01. The molecule has 0 aliphatic heterocycles. The molecule has 0 amide bonds. The van der Waals surface area contributed by atoms with Gasteiger partial charge in [0.1, 0.15) is 28.3 Å². The zero-order valence-corrected chi connectivity index (χ0v) is 17.1. The van der Waals surface area contributed by atoms with Crippen molar-refractivity contribution in [3.05, 3.63) is 88.8 Å². The number of benzene rings is 3. The smallest absolute Gasteiger partial charge is 0.238 e. The summed E-state index contributed by atoms with van der Waals surface area (Å²) in [5.74, 6) is -15.4. The maximum Gasteiger partial charge on any atom is 0.238 e. The van der Waals surface area contributed by atoms with Gasteiger partial charge >= 0.3 is 0 Å². The number of carboxylic acid groups (broad SMARTS) is 1. The van der Waals surface area contributed by atoms with Crippen LogP contribution in [-0.2, 0) is 15.7 Å². The fraction of sp³-hybridized carbons (Fsp3) is 0.0952. The average molecular weight is 498 g/mol. The average Bonchev–Trinajstić information content (AvgIpc) is 2.65. The van der Waals surface area contributed by atoms with Crippen molar-refractivity contribution in [2.45, 2.75) is 28.0 Å². The van der Waals surface area contributed by atoms with Gasteiger partial charge in [0.15, 0.2) is 34.9 Å². The molecule has 0 aliphatic carbocycles. The Morgan fingerprint density at radius 1 is 0.606 bits per heavy atom. The van der Waals surface area contributed by atoms with E-state index in [2.05, 4.69) is 0 Å². The molecule has 3 aromatic carbocycles. The molecule has 0 radical (unpaired) electrons. The van der Waals surface area contributed by atoms with Crippen molar-refractivity contribution in [2.24, 2.45) is 0 Å². The number of halogens is 9. The second-order valence-electron chi connectivity index (χ2n) is 6.13. The third-order valence-corrected chi connectivity index (χ3v) is 6.18. The highest BCUT2D eigenvalue weighted by Crippen LogP contribution is 2.40. The fourth-order valence-electron chi connectivity index (χ4n) is 2.48. The summed E-state index contributed by atoms with van der Waals surface area (Å²) in [6.07, 6.45) is 0.111. The molecule has 0 heterocycles. The summed E-state index contributed by atoms with van der Waals surface area (Å²) in [7, 11) is -2.86. The number of carboxylic acids is 1. The van der Waals surface area contributed by atoms with E-state index in [1.807, 2.05) is 0 Å². The van der Waals surface area contributed by atoms with Crippen LogP contribution in [0.3, 0.4) is 0 Å². The second kappa shape index (κ2) is 10.6. The molecule has 3 rings (SSSR count). The van der Waals surface area contributed by atoms with Gasteiger partial charge in [0.2, 0.25) is 14.7 Å². The highest BCUT2D eigenvalue weighted by atomic mass is 32.2. The van der Waals surface area contributed by atoms with Crippen LogP contribution in [0.15, 0.2) is 51.1 Å². The van der Waals surface area contributed by atoms with Gasteiger partial charge < -0.3 is 9.90 Å². The van der Waals surface area contributed by atoms with Crippen LogP contribution in [0.25, 0.3) is 0 Å². The van der Waals surface area contributed by atoms with Crippen molar-refractivity contribution in [2.75, 3.05) is 0 Å². The fourth-order valence-corrected chi connectivity index (χ4v) is 4.61. The Labute approximate surface area is 183 Å². The van der Waals surface area contributed by atoms with E-state index >= 15 is 0 Å². The summed E-state index contributed by atoms with van der Waals surface area (Å²) in [4.78, 5) is 5.41. The summed E-state index contributed by atoms with van der Waals surface area (Å²) < 4.78 is 126. The summed E-state index contributed by atoms with van der Waals surface area (Å²) in [5, 5.41) is 9.26. The molecule has 0 spiro atoms. The number of aliphatic carboxylic acids is 1. The molecule has 2 nitrogen and oxygen atoms in total. The normalized spacial score (nSPS) is 10.8. The minimum absolute atomic E-state index is 0.111. The van der Waals surface area contributed by atoms with Gasteiger partial charge in [0.05, 0.1) is 0 Å². The molecule has 3 aromatic rings. The minimum atomic E-state index is -2.86. The monoisotopic (exact) mass is 498 g/mol. The van der Waals surface area contributed by atoms with Gasteiger partial charge in [-0.25, -0.2) is 39.5 Å². The molecule has 0 bridgehead atoms. The number of rotatable bonds is 4. The molecular formula is C21H11F9O2S. The largest absolute Gasteiger partial charge is 0.550 e. The molecule has 12 heteroatoms. The molecule has 0 saturated carbocycles. The van der Waals surface area contributed by atoms with E-state index in [-0.39, 0.29) is 42.8 Å². The Bertz CT molecular complexity index is 995. The Morgan fingerprint density at radius 2 is 0.788 bits per heavy atom. The van der Waals surface area contributed by atoms with Gasteiger partial charge in [0, 0.05) is 42.4 Å². The number of carbonyl (C=O) groups is 1. The van der Waals surface area contributed by atoms with E-state index in [0.717, 1.165) is 0 Å². The quantitative estimate of drug-likeness (QED) is 0.368. The van der Waals surface area contributed by atoms with Crippen LogP contribution in [0, 0.1) is 52.4 Å². The molecule has 0 aromatic heterocycles. The molecule has 0 unspecified atom stereocenters. The van der Waals surface area contributed by atoms with Gasteiger partial charge in [-0.3, -0.25) is 0 Å². The third-order valence-electron chi connectivity index (χ3n) is 3.79. The SMILES string of the molecule is CCC(=O)[O-].Fc1cc(F)c([S+](c2c(F)cc(F)cc2F)c2c(F)cc(F)cc2F)c(F)c1. The van der Waals surface area contributed by atoms with Crippen LogP contribution >= 0.6 is 0 Å². The van der Waals surface area contributed by atoms with E-state index in [1.165, 1.54) is 6.92 Å². The molecule has 0 N–H and O–H groups in total. The van der Waals surface area contributed by atoms with Gasteiger partial charge in [-0.2, -0.15) is 0 Å². The van der Waals surface area contributed by atoms with E-state index in [4.69, 9.17) is 0 Å². The first kappa shape index (κ1) is 26.1. The van der Waals surface area contributed by atoms with Crippen LogP contribution < -0.4 is 5.11 Å². The second-order valence-corrected chi connectivity index (χ2v) is 7.96. The molecule has 0 fully saturated rings. The van der Waals surface area contributed by atoms with Gasteiger partial charge in [-0.05, 0) is 6.42 Å². The van der Waals surface area contributed by atoms with Gasteiger partial charge in [-0.1, -0.05) is 6.92 Å². The van der Waals surface area contributed by atoms with Crippen molar-refractivity contribution < 1.29 is 49.4 Å². The number of hydrogen-bond donors (Lipinski definition) is 0. The predicted molar refractivity (Wildman–Crippen MR) is 96.4 cm³/mol. The van der Waals surface area contributed by atoms with Gasteiger partial charge in [0.25, 0.3) is 0 Å². The predicted octanol–water partition coefficient (Wildman–Crippen LogP) is 5.18. The lowest BCUT2D eigenvalue weighted by Crippen LogP contribution is -2.19. The summed E-state index contributed by atoms with van der Waals surface area (Å²) in [5.41, 5.74) is 0. The van der Waals surface area contributed by atoms with Gasteiger partial charge in [-0.15, -0.1) is 0 Å². The first-order valence-electron chi connectivity index (χ1n) is 8.75. The van der Waals surface area contributed by atoms with Crippen molar-refractivity contribution in [1.82, 2.24) is 0 Å². The Morgan fingerprint density at radius 3 is 0.939 bits per heavy atom.